The van der Waals surface area contributed by atoms with Gasteiger partial charge >= 0.3 is 0 Å². The van der Waals surface area contributed by atoms with Crippen molar-refractivity contribution in [2.45, 2.75) is 64.1 Å². The molecule has 1 atom stereocenters. The van der Waals surface area contributed by atoms with Gasteiger partial charge in [-0.1, -0.05) is 25.7 Å². The number of carbonyl (C=O) groups is 2. The first-order valence-corrected chi connectivity index (χ1v) is 11.3. The third kappa shape index (κ3) is 5.46. The van der Waals surface area contributed by atoms with Gasteiger partial charge < -0.3 is 19.9 Å². The molecule has 9 heteroatoms. The number of nitrogens with two attached hydrogens (primary N) is 1. The second-order valence-corrected chi connectivity index (χ2v) is 8.30. The average molecular weight is 439 g/mol. The SMILES string of the molecule is NC(=O)CC1C(=O)NC2=Nc3ccc(OCCCCCCCCn4ccnc4)cc3CN21. The zero-order chi connectivity index (χ0) is 22.3. The number of primary amides is 1. The van der Waals surface area contributed by atoms with Crippen molar-refractivity contribution in [2.75, 3.05) is 6.61 Å². The number of benzene rings is 1. The molecule has 0 saturated carbocycles. The molecule has 2 aliphatic rings. The molecule has 3 N–H and O–H groups in total. The highest BCUT2D eigenvalue weighted by Gasteiger charge is 2.39. The molecule has 0 radical (unpaired) electrons. The van der Waals surface area contributed by atoms with E-state index in [9.17, 15) is 9.59 Å². The van der Waals surface area contributed by atoms with Crippen LogP contribution >= 0.6 is 0 Å². The summed E-state index contributed by atoms with van der Waals surface area (Å²) in [5.74, 6) is 0.529. The molecule has 1 saturated heterocycles. The number of fused-ring (bicyclic) bond motifs is 2. The molecule has 0 bridgehead atoms. The summed E-state index contributed by atoms with van der Waals surface area (Å²) >= 11 is 0. The Hall–Kier alpha value is -3.36. The number of aliphatic imine (C=N–C) groups is 1. The normalized spacial score (nSPS) is 16.9. The van der Waals surface area contributed by atoms with Crippen LogP contribution in [0.2, 0.25) is 0 Å². The van der Waals surface area contributed by atoms with Crippen molar-refractivity contribution in [1.82, 2.24) is 19.8 Å². The van der Waals surface area contributed by atoms with E-state index in [1.165, 1.54) is 25.7 Å². The second-order valence-electron chi connectivity index (χ2n) is 8.30. The highest BCUT2D eigenvalue weighted by molar-refractivity contribution is 6.09. The monoisotopic (exact) mass is 438 g/mol. The Bertz CT molecular complexity index is 972. The molecule has 1 unspecified atom stereocenters. The van der Waals surface area contributed by atoms with Gasteiger partial charge in [-0.2, -0.15) is 0 Å². The van der Waals surface area contributed by atoms with Gasteiger partial charge in [0.25, 0.3) is 0 Å². The van der Waals surface area contributed by atoms with Crippen LogP contribution in [0.15, 0.2) is 41.9 Å². The van der Waals surface area contributed by atoms with E-state index < -0.39 is 11.9 Å². The Labute approximate surface area is 187 Å². The number of aromatic nitrogens is 2. The van der Waals surface area contributed by atoms with Gasteiger partial charge in [-0.25, -0.2) is 9.98 Å². The van der Waals surface area contributed by atoms with Crippen LogP contribution in [0.25, 0.3) is 0 Å². The van der Waals surface area contributed by atoms with Gasteiger partial charge in [0.1, 0.15) is 11.8 Å². The van der Waals surface area contributed by atoms with Crippen LogP contribution < -0.4 is 15.8 Å². The van der Waals surface area contributed by atoms with Crippen LogP contribution in [0, 0.1) is 0 Å². The van der Waals surface area contributed by atoms with Gasteiger partial charge in [0.15, 0.2) is 0 Å². The fourth-order valence-corrected chi connectivity index (χ4v) is 4.12. The van der Waals surface area contributed by atoms with Gasteiger partial charge in [0.05, 0.1) is 25.0 Å². The fourth-order valence-electron chi connectivity index (χ4n) is 4.12. The van der Waals surface area contributed by atoms with Crippen LogP contribution in [0.1, 0.15) is 50.5 Å². The minimum absolute atomic E-state index is 0.0278. The summed E-state index contributed by atoms with van der Waals surface area (Å²) in [5.41, 5.74) is 7.07. The zero-order valence-electron chi connectivity index (χ0n) is 18.2. The molecule has 1 aromatic heterocycles. The van der Waals surface area contributed by atoms with Crippen molar-refractivity contribution in [1.29, 1.82) is 0 Å². The molecule has 170 valence electrons. The molecule has 2 aromatic rings. The molecule has 0 aliphatic carbocycles. The average Bonchev–Trinajstić information content (AvgIpc) is 3.39. The number of guanidine groups is 1. The number of rotatable bonds is 12. The quantitative estimate of drug-likeness (QED) is 0.494. The van der Waals surface area contributed by atoms with E-state index in [4.69, 9.17) is 10.5 Å². The third-order valence-electron chi connectivity index (χ3n) is 5.84. The summed E-state index contributed by atoms with van der Waals surface area (Å²) in [6.45, 7) is 2.20. The summed E-state index contributed by atoms with van der Waals surface area (Å²) in [7, 11) is 0. The topological polar surface area (TPSA) is 115 Å². The molecule has 2 aliphatic heterocycles. The van der Waals surface area contributed by atoms with E-state index in [-0.39, 0.29) is 12.3 Å². The maximum atomic E-state index is 12.2. The lowest BCUT2D eigenvalue weighted by Crippen LogP contribution is -2.39. The maximum Gasteiger partial charge on any atom is 0.250 e. The number of hydrogen-bond donors (Lipinski definition) is 2. The smallest absolute Gasteiger partial charge is 0.250 e. The van der Waals surface area contributed by atoms with Crippen molar-refractivity contribution in [3.63, 3.8) is 0 Å². The van der Waals surface area contributed by atoms with E-state index in [2.05, 4.69) is 19.9 Å². The first kappa shape index (κ1) is 21.9. The lowest BCUT2D eigenvalue weighted by Gasteiger charge is -2.27. The maximum absolute atomic E-state index is 12.2. The Balaban J connectivity index is 1.17. The summed E-state index contributed by atoms with van der Waals surface area (Å²) < 4.78 is 8.06. The number of nitrogens with zero attached hydrogens (tertiary/aromatic N) is 4. The Morgan fingerprint density at radius 2 is 2.00 bits per heavy atom. The lowest BCUT2D eigenvalue weighted by molar-refractivity contribution is -0.126. The number of hydrogen-bond acceptors (Lipinski definition) is 6. The molecule has 2 amide bonds. The van der Waals surface area contributed by atoms with Crippen molar-refractivity contribution in [3.8, 4) is 5.75 Å². The number of ether oxygens (including phenoxy) is 1. The van der Waals surface area contributed by atoms with E-state index in [1.807, 2.05) is 36.9 Å². The molecule has 3 heterocycles. The van der Waals surface area contributed by atoms with Crippen LogP contribution in [0.5, 0.6) is 5.75 Å². The summed E-state index contributed by atoms with van der Waals surface area (Å²) in [5, 5.41) is 2.73. The molecular formula is C23H30N6O3. The van der Waals surface area contributed by atoms with E-state index in [0.29, 0.717) is 19.1 Å². The lowest BCUT2D eigenvalue weighted by atomic mass is 10.1. The van der Waals surface area contributed by atoms with Crippen molar-refractivity contribution in [3.05, 3.63) is 42.5 Å². The molecule has 9 nitrogen and oxygen atoms in total. The zero-order valence-corrected chi connectivity index (χ0v) is 18.2. The number of carbonyl (C=O) groups excluding carboxylic acids is 2. The molecule has 32 heavy (non-hydrogen) atoms. The molecule has 1 fully saturated rings. The number of nitrogens with one attached hydrogen (secondary N) is 1. The highest BCUT2D eigenvalue weighted by Crippen LogP contribution is 2.32. The predicted molar refractivity (Wildman–Crippen MR) is 120 cm³/mol. The van der Waals surface area contributed by atoms with E-state index >= 15 is 0 Å². The molecule has 1 aromatic carbocycles. The Kier molecular flexibility index (Phi) is 7.03. The third-order valence-corrected chi connectivity index (χ3v) is 5.84. The van der Waals surface area contributed by atoms with E-state index in [1.54, 1.807) is 4.90 Å². The van der Waals surface area contributed by atoms with Crippen LogP contribution in [0.3, 0.4) is 0 Å². The van der Waals surface area contributed by atoms with Crippen LogP contribution in [0.4, 0.5) is 5.69 Å². The highest BCUT2D eigenvalue weighted by atomic mass is 16.5. The molecule has 4 rings (SSSR count). The number of aryl methyl sites for hydroxylation is 1. The number of unbranched alkanes of at least 4 members (excludes halogenated alkanes) is 5. The molecule has 0 spiro atoms. The summed E-state index contributed by atoms with van der Waals surface area (Å²) in [6, 6.07) is 5.18. The van der Waals surface area contributed by atoms with Crippen molar-refractivity contribution >= 4 is 23.5 Å². The fraction of sp³-hybridized carbons (Fsp3) is 0.478. The first-order chi connectivity index (χ1) is 15.6. The van der Waals surface area contributed by atoms with Gasteiger partial charge in [-0.15, -0.1) is 0 Å². The van der Waals surface area contributed by atoms with Gasteiger partial charge in [0.2, 0.25) is 17.8 Å². The Morgan fingerprint density at radius 1 is 1.19 bits per heavy atom. The minimum atomic E-state index is -0.607. The minimum Gasteiger partial charge on any atom is -0.494 e. The first-order valence-electron chi connectivity index (χ1n) is 11.3. The molecular weight excluding hydrogens is 408 g/mol. The van der Waals surface area contributed by atoms with Crippen molar-refractivity contribution in [2.24, 2.45) is 10.7 Å². The second kappa shape index (κ2) is 10.3. The van der Waals surface area contributed by atoms with Crippen LogP contribution in [-0.2, 0) is 22.7 Å². The summed E-state index contributed by atoms with van der Waals surface area (Å²) in [4.78, 5) is 33.9. The van der Waals surface area contributed by atoms with Crippen molar-refractivity contribution < 1.29 is 14.3 Å². The number of amides is 2. The largest absolute Gasteiger partial charge is 0.494 e. The van der Waals surface area contributed by atoms with E-state index in [0.717, 1.165) is 36.4 Å². The predicted octanol–water partition coefficient (Wildman–Crippen LogP) is 2.48. The summed E-state index contributed by atoms with van der Waals surface area (Å²) in [6.07, 6.45) is 12.7. The van der Waals surface area contributed by atoms with Crippen LogP contribution in [-0.4, -0.2) is 44.9 Å². The van der Waals surface area contributed by atoms with Gasteiger partial charge in [0, 0.05) is 31.0 Å². The standard InChI is InChI=1S/C23H30N6O3/c24-21(30)14-20-22(31)27-23-26-19-8-7-18(13-17(19)15-29(20)23)32-12-6-4-2-1-3-5-10-28-11-9-25-16-28/h7-9,11,13,16,20H,1-6,10,12,14-15H2,(H2,24,30)(H,26,27,31). The van der Waals surface area contributed by atoms with Gasteiger partial charge in [-0.05, 0) is 31.0 Å². The Morgan fingerprint density at radius 3 is 2.78 bits per heavy atom. The number of imidazole rings is 1. The van der Waals surface area contributed by atoms with Gasteiger partial charge in [-0.3, -0.25) is 14.9 Å².